The standard InChI is InChI=1S/C17H17F3O/c1-12(14-5-3-2-4-6-14)16(21)11-13-7-9-15(10-8-13)17(18,19)20/h2-10,12,16,21H,11H2,1H3. The molecule has 2 aromatic carbocycles. The van der Waals surface area contributed by atoms with Crippen LogP contribution in [0.5, 0.6) is 0 Å². The fourth-order valence-electron chi connectivity index (χ4n) is 2.23. The van der Waals surface area contributed by atoms with Crippen LogP contribution >= 0.6 is 0 Å². The summed E-state index contributed by atoms with van der Waals surface area (Å²) < 4.78 is 37.4. The summed E-state index contributed by atoms with van der Waals surface area (Å²) in [4.78, 5) is 0. The monoisotopic (exact) mass is 294 g/mol. The maximum Gasteiger partial charge on any atom is 0.416 e. The highest BCUT2D eigenvalue weighted by Crippen LogP contribution is 2.29. The van der Waals surface area contributed by atoms with E-state index in [9.17, 15) is 18.3 Å². The Labute approximate surface area is 122 Å². The van der Waals surface area contributed by atoms with Gasteiger partial charge in [-0.2, -0.15) is 13.2 Å². The normalized spacial score (nSPS) is 14.7. The molecule has 0 fully saturated rings. The third-order valence-electron chi connectivity index (χ3n) is 3.63. The van der Waals surface area contributed by atoms with Crippen molar-refractivity contribution in [3.63, 3.8) is 0 Å². The van der Waals surface area contributed by atoms with Crippen molar-refractivity contribution in [2.45, 2.75) is 31.5 Å². The number of halogens is 3. The molecule has 0 aromatic heterocycles. The van der Waals surface area contributed by atoms with Crippen LogP contribution in [0.1, 0.15) is 29.5 Å². The second-order valence-corrected chi connectivity index (χ2v) is 5.17. The fraction of sp³-hybridized carbons (Fsp3) is 0.294. The molecule has 1 nitrogen and oxygen atoms in total. The topological polar surface area (TPSA) is 20.2 Å². The maximum atomic E-state index is 12.5. The lowest BCUT2D eigenvalue weighted by Crippen LogP contribution is -2.18. The summed E-state index contributed by atoms with van der Waals surface area (Å²) in [6.07, 6.45) is -4.63. The lowest BCUT2D eigenvalue weighted by Gasteiger charge is -2.19. The highest BCUT2D eigenvalue weighted by molar-refractivity contribution is 5.26. The molecule has 0 heterocycles. The summed E-state index contributed by atoms with van der Waals surface area (Å²) in [5.74, 6) is -0.0755. The molecular weight excluding hydrogens is 277 g/mol. The van der Waals surface area contributed by atoms with Crippen LogP contribution in [0.3, 0.4) is 0 Å². The number of hydrogen-bond acceptors (Lipinski definition) is 1. The van der Waals surface area contributed by atoms with Crippen LogP contribution < -0.4 is 0 Å². The van der Waals surface area contributed by atoms with Gasteiger partial charge in [0.15, 0.2) is 0 Å². The number of rotatable bonds is 4. The van der Waals surface area contributed by atoms with Crippen LogP contribution in [0.2, 0.25) is 0 Å². The molecule has 112 valence electrons. The number of aliphatic hydroxyl groups is 1. The molecule has 0 aliphatic rings. The first-order chi connectivity index (χ1) is 9.88. The smallest absolute Gasteiger partial charge is 0.392 e. The Balaban J connectivity index is 2.04. The molecule has 0 radical (unpaired) electrons. The third kappa shape index (κ3) is 4.08. The van der Waals surface area contributed by atoms with E-state index in [0.29, 0.717) is 12.0 Å². The van der Waals surface area contributed by atoms with E-state index in [1.54, 1.807) is 0 Å². The van der Waals surface area contributed by atoms with Crippen LogP contribution in [0, 0.1) is 0 Å². The molecule has 4 heteroatoms. The van der Waals surface area contributed by atoms with E-state index < -0.39 is 17.8 Å². The van der Waals surface area contributed by atoms with E-state index in [1.807, 2.05) is 37.3 Å². The van der Waals surface area contributed by atoms with Crippen LogP contribution in [0.25, 0.3) is 0 Å². The van der Waals surface area contributed by atoms with E-state index in [1.165, 1.54) is 12.1 Å². The van der Waals surface area contributed by atoms with Gasteiger partial charge in [0.05, 0.1) is 11.7 Å². The fourth-order valence-corrected chi connectivity index (χ4v) is 2.23. The van der Waals surface area contributed by atoms with Crippen molar-refractivity contribution >= 4 is 0 Å². The Hall–Kier alpha value is -1.81. The Kier molecular flexibility index (Phi) is 4.68. The molecule has 2 atom stereocenters. The van der Waals surface area contributed by atoms with Crippen molar-refractivity contribution in [3.8, 4) is 0 Å². The molecule has 0 aliphatic heterocycles. The predicted molar refractivity (Wildman–Crippen MR) is 76.0 cm³/mol. The second kappa shape index (κ2) is 6.31. The number of hydrogen-bond donors (Lipinski definition) is 1. The Bertz CT molecular complexity index is 561. The summed E-state index contributed by atoms with van der Waals surface area (Å²) >= 11 is 0. The van der Waals surface area contributed by atoms with E-state index in [-0.39, 0.29) is 5.92 Å². The largest absolute Gasteiger partial charge is 0.416 e. The highest BCUT2D eigenvalue weighted by atomic mass is 19.4. The average Bonchev–Trinajstić information content (AvgIpc) is 2.47. The van der Waals surface area contributed by atoms with Gasteiger partial charge < -0.3 is 5.11 Å². The molecule has 0 saturated heterocycles. The minimum Gasteiger partial charge on any atom is -0.392 e. The van der Waals surface area contributed by atoms with Gasteiger partial charge in [0.2, 0.25) is 0 Å². The quantitative estimate of drug-likeness (QED) is 0.885. The van der Waals surface area contributed by atoms with Crippen molar-refractivity contribution in [1.82, 2.24) is 0 Å². The first kappa shape index (κ1) is 15.6. The SMILES string of the molecule is CC(c1ccccc1)C(O)Cc1ccc(C(F)(F)F)cc1. The number of alkyl halides is 3. The van der Waals surface area contributed by atoms with Gasteiger partial charge in [0.1, 0.15) is 0 Å². The van der Waals surface area contributed by atoms with Crippen molar-refractivity contribution in [2.75, 3.05) is 0 Å². The van der Waals surface area contributed by atoms with Crippen molar-refractivity contribution in [3.05, 3.63) is 71.3 Å². The van der Waals surface area contributed by atoms with Crippen molar-refractivity contribution < 1.29 is 18.3 Å². The lowest BCUT2D eigenvalue weighted by molar-refractivity contribution is -0.137. The zero-order valence-corrected chi connectivity index (χ0v) is 11.6. The molecule has 0 aliphatic carbocycles. The molecule has 0 amide bonds. The zero-order chi connectivity index (χ0) is 15.5. The van der Waals surface area contributed by atoms with Gasteiger partial charge in [-0.3, -0.25) is 0 Å². The van der Waals surface area contributed by atoms with Crippen molar-refractivity contribution in [1.29, 1.82) is 0 Å². The van der Waals surface area contributed by atoms with Crippen LogP contribution in [0.15, 0.2) is 54.6 Å². The molecule has 0 bridgehead atoms. The number of aliphatic hydroxyl groups excluding tert-OH is 1. The summed E-state index contributed by atoms with van der Waals surface area (Å²) in [7, 11) is 0. The average molecular weight is 294 g/mol. The van der Waals surface area contributed by atoms with Gasteiger partial charge in [-0.05, 0) is 29.7 Å². The molecule has 21 heavy (non-hydrogen) atoms. The van der Waals surface area contributed by atoms with Gasteiger partial charge in [0.25, 0.3) is 0 Å². The second-order valence-electron chi connectivity index (χ2n) is 5.17. The van der Waals surface area contributed by atoms with Gasteiger partial charge in [-0.25, -0.2) is 0 Å². The van der Waals surface area contributed by atoms with Gasteiger partial charge in [0, 0.05) is 5.92 Å². The first-order valence-electron chi connectivity index (χ1n) is 6.77. The third-order valence-corrected chi connectivity index (χ3v) is 3.63. The van der Waals surface area contributed by atoms with E-state index in [2.05, 4.69) is 0 Å². The number of benzene rings is 2. The lowest BCUT2D eigenvalue weighted by atomic mass is 9.91. The summed E-state index contributed by atoms with van der Waals surface area (Å²) in [6, 6.07) is 14.5. The zero-order valence-electron chi connectivity index (χ0n) is 11.6. The Morgan fingerprint density at radius 2 is 1.52 bits per heavy atom. The maximum absolute atomic E-state index is 12.5. The molecule has 0 saturated carbocycles. The summed E-state index contributed by atoms with van der Waals surface area (Å²) in [6.45, 7) is 1.91. The van der Waals surface area contributed by atoms with E-state index in [4.69, 9.17) is 0 Å². The molecule has 2 unspecified atom stereocenters. The van der Waals surface area contributed by atoms with E-state index in [0.717, 1.165) is 17.7 Å². The highest BCUT2D eigenvalue weighted by Gasteiger charge is 2.30. The Morgan fingerprint density at radius 1 is 0.952 bits per heavy atom. The van der Waals surface area contributed by atoms with E-state index >= 15 is 0 Å². The molecule has 0 spiro atoms. The minimum absolute atomic E-state index is 0.0755. The minimum atomic E-state index is -4.32. The van der Waals surface area contributed by atoms with Crippen LogP contribution in [-0.2, 0) is 12.6 Å². The van der Waals surface area contributed by atoms with Gasteiger partial charge in [-0.1, -0.05) is 49.4 Å². The summed E-state index contributed by atoms with van der Waals surface area (Å²) in [5, 5.41) is 10.2. The Morgan fingerprint density at radius 3 is 2.05 bits per heavy atom. The van der Waals surface area contributed by atoms with Crippen LogP contribution in [-0.4, -0.2) is 11.2 Å². The van der Waals surface area contributed by atoms with Gasteiger partial charge in [-0.15, -0.1) is 0 Å². The van der Waals surface area contributed by atoms with Gasteiger partial charge >= 0.3 is 6.18 Å². The molecular formula is C17H17F3O. The van der Waals surface area contributed by atoms with Crippen molar-refractivity contribution in [2.24, 2.45) is 0 Å². The van der Waals surface area contributed by atoms with Crippen LogP contribution in [0.4, 0.5) is 13.2 Å². The molecule has 1 N–H and O–H groups in total. The first-order valence-corrected chi connectivity index (χ1v) is 6.77. The molecule has 2 rings (SSSR count). The molecule has 2 aromatic rings. The predicted octanol–water partition coefficient (Wildman–Crippen LogP) is 4.41. The summed E-state index contributed by atoms with van der Waals surface area (Å²) in [5.41, 5.74) is 1.03.